The average molecular weight is 242 g/mol. The number of hydrogen-bond donors (Lipinski definition) is 1. The van der Waals surface area contributed by atoms with Crippen molar-refractivity contribution >= 4 is 0 Å². The molecular formula is C14H30N2O. The lowest BCUT2D eigenvalue weighted by molar-refractivity contribution is 0.0536. The largest absolute Gasteiger partial charge is 0.380 e. The molecule has 17 heavy (non-hydrogen) atoms. The maximum absolute atomic E-state index is 5.70. The minimum atomic E-state index is 0.642. The van der Waals surface area contributed by atoms with Gasteiger partial charge in [-0.15, -0.1) is 0 Å². The van der Waals surface area contributed by atoms with Crippen LogP contribution in [-0.2, 0) is 4.74 Å². The van der Waals surface area contributed by atoms with Gasteiger partial charge in [0.25, 0.3) is 0 Å². The van der Waals surface area contributed by atoms with Gasteiger partial charge in [-0.1, -0.05) is 27.7 Å². The Balaban J connectivity index is 2.26. The molecule has 0 saturated carbocycles. The Morgan fingerprint density at radius 3 is 2.65 bits per heavy atom. The predicted octanol–water partition coefficient (Wildman–Crippen LogP) is 2.12. The molecule has 2 unspecified atom stereocenters. The third-order valence-electron chi connectivity index (χ3n) is 3.55. The Kier molecular flexibility index (Phi) is 7.09. The van der Waals surface area contributed by atoms with Gasteiger partial charge in [0.05, 0.1) is 6.61 Å². The van der Waals surface area contributed by atoms with Crippen LogP contribution in [0.15, 0.2) is 0 Å². The lowest BCUT2D eigenvalue weighted by Gasteiger charge is -2.39. The number of rotatable bonds is 7. The molecule has 1 N–H and O–H groups in total. The highest BCUT2D eigenvalue weighted by Crippen LogP contribution is 2.11. The molecule has 0 aromatic carbocycles. The van der Waals surface area contributed by atoms with Gasteiger partial charge < -0.3 is 10.1 Å². The van der Waals surface area contributed by atoms with Crippen LogP contribution in [0, 0.1) is 5.92 Å². The van der Waals surface area contributed by atoms with Crippen molar-refractivity contribution in [3.63, 3.8) is 0 Å². The third kappa shape index (κ3) is 5.36. The Labute approximate surface area is 107 Å². The van der Waals surface area contributed by atoms with Gasteiger partial charge in [0.1, 0.15) is 0 Å². The van der Waals surface area contributed by atoms with E-state index in [-0.39, 0.29) is 0 Å². The summed E-state index contributed by atoms with van der Waals surface area (Å²) in [6.45, 7) is 14.1. The van der Waals surface area contributed by atoms with E-state index in [4.69, 9.17) is 4.74 Å². The Hall–Kier alpha value is -0.120. The second-order valence-corrected chi connectivity index (χ2v) is 5.54. The maximum Gasteiger partial charge on any atom is 0.0593 e. The summed E-state index contributed by atoms with van der Waals surface area (Å²) in [7, 11) is 0. The minimum absolute atomic E-state index is 0.642. The van der Waals surface area contributed by atoms with Crippen LogP contribution in [0.3, 0.4) is 0 Å². The molecule has 0 aromatic heterocycles. The van der Waals surface area contributed by atoms with E-state index in [1.54, 1.807) is 0 Å². The summed E-state index contributed by atoms with van der Waals surface area (Å²) in [6, 6.07) is 1.36. The lowest BCUT2D eigenvalue weighted by Crippen LogP contribution is -2.56. The molecule has 3 heteroatoms. The van der Waals surface area contributed by atoms with E-state index in [1.807, 2.05) is 0 Å². The van der Waals surface area contributed by atoms with Gasteiger partial charge in [0.2, 0.25) is 0 Å². The summed E-state index contributed by atoms with van der Waals surface area (Å²) in [4.78, 5) is 2.60. The molecule has 0 radical (unpaired) electrons. The van der Waals surface area contributed by atoms with Gasteiger partial charge in [0, 0.05) is 38.3 Å². The molecule has 0 aromatic rings. The zero-order valence-electron chi connectivity index (χ0n) is 12.0. The van der Waals surface area contributed by atoms with Crippen LogP contribution in [0.1, 0.15) is 40.5 Å². The third-order valence-corrected chi connectivity index (χ3v) is 3.55. The molecule has 0 bridgehead atoms. The van der Waals surface area contributed by atoms with Crippen LogP contribution in [-0.4, -0.2) is 49.8 Å². The molecule has 0 aliphatic carbocycles. The first kappa shape index (κ1) is 14.9. The van der Waals surface area contributed by atoms with Crippen molar-refractivity contribution < 1.29 is 4.74 Å². The van der Waals surface area contributed by atoms with E-state index in [9.17, 15) is 0 Å². The normalized spacial score (nSPS) is 26.6. The maximum atomic E-state index is 5.70. The summed E-state index contributed by atoms with van der Waals surface area (Å²) in [6.07, 6.45) is 2.45. The average Bonchev–Trinajstić information content (AvgIpc) is 2.34. The van der Waals surface area contributed by atoms with Crippen molar-refractivity contribution in [2.75, 3.05) is 32.8 Å². The number of ether oxygens (including phenoxy) is 1. The van der Waals surface area contributed by atoms with Crippen molar-refractivity contribution in [2.45, 2.75) is 52.6 Å². The van der Waals surface area contributed by atoms with E-state index in [1.165, 1.54) is 19.4 Å². The first-order valence-electron chi connectivity index (χ1n) is 7.22. The molecule has 3 nitrogen and oxygen atoms in total. The molecule has 1 fully saturated rings. The van der Waals surface area contributed by atoms with Crippen molar-refractivity contribution in [1.82, 2.24) is 10.2 Å². The van der Waals surface area contributed by atoms with E-state index >= 15 is 0 Å². The molecule has 1 saturated heterocycles. The Bertz CT molecular complexity index is 197. The molecule has 1 heterocycles. The molecule has 102 valence electrons. The van der Waals surface area contributed by atoms with Crippen molar-refractivity contribution in [3.8, 4) is 0 Å². The van der Waals surface area contributed by atoms with Gasteiger partial charge in [-0.2, -0.15) is 0 Å². The molecule has 0 amide bonds. The number of nitrogens with one attached hydrogen (secondary N) is 1. The zero-order valence-corrected chi connectivity index (χ0v) is 12.0. The highest BCUT2D eigenvalue weighted by atomic mass is 16.5. The fraction of sp³-hybridized carbons (Fsp3) is 1.00. The lowest BCUT2D eigenvalue weighted by atomic mass is 10.1. The van der Waals surface area contributed by atoms with Crippen molar-refractivity contribution in [2.24, 2.45) is 5.92 Å². The zero-order chi connectivity index (χ0) is 12.7. The van der Waals surface area contributed by atoms with Gasteiger partial charge in [0.15, 0.2) is 0 Å². The monoisotopic (exact) mass is 242 g/mol. The fourth-order valence-electron chi connectivity index (χ4n) is 2.38. The van der Waals surface area contributed by atoms with Gasteiger partial charge >= 0.3 is 0 Å². The topological polar surface area (TPSA) is 24.5 Å². The highest BCUT2D eigenvalue weighted by Gasteiger charge is 2.25. The predicted molar refractivity (Wildman–Crippen MR) is 73.4 cm³/mol. The molecular weight excluding hydrogens is 212 g/mol. The standard InChI is InChI=1S/C14H30N2O/c1-5-13-10-16(14(6-2)9-15-13)7-8-17-11-12(3)4/h12-15H,5-11H2,1-4H3. The fourth-order valence-corrected chi connectivity index (χ4v) is 2.38. The summed E-state index contributed by atoms with van der Waals surface area (Å²) in [5, 5.41) is 3.63. The van der Waals surface area contributed by atoms with E-state index in [2.05, 4.69) is 37.9 Å². The molecule has 0 spiro atoms. The molecule has 2 atom stereocenters. The highest BCUT2D eigenvalue weighted by molar-refractivity contribution is 4.84. The van der Waals surface area contributed by atoms with Crippen molar-refractivity contribution in [3.05, 3.63) is 0 Å². The second-order valence-electron chi connectivity index (χ2n) is 5.54. The van der Waals surface area contributed by atoms with Crippen LogP contribution in [0.5, 0.6) is 0 Å². The quantitative estimate of drug-likeness (QED) is 0.692. The van der Waals surface area contributed by atoms with E-state index in [0.29, 0.717) is 18.0 Å². The van der Waals surface area contributed by atoms with Crippen LogP contribution in [0.4, 0.5) is 0 Å². The smallest absolute Gasteiger partial charge is 0.0593 e. The number of piperazine rings is 1. The molecule has 1 aliphatic heterocycles. The SMILES string of the molecule is CCC1CN(CCOCC(C)C)C(CC)CN1. The van der Waals surface area contributed by atoms with Gasteiger partial charge in [-0.05, 0) is 18.8 Å². The molecule has 1 aliphatic rings. The first-order chi connectivity index (χ1) is 8.17. The number of hydrogen-bond acceptors (Lipinski definition) is 3. The summed E-state index contributed by atoms with van der Waals surface area (Å²) < 4.78 is 5.70. The van der Waals surface area contributed by atoms with Crippen molar-refractivity contribution in [1.29, 1.82) is 0 Å². The summed E-state index contributed by atoms with van der Waals surface area (Å²) >= 11 is 0. The van der Waals surface area contributed by atoms with Crippen LogP contribution in [0.25, 0.3) is 0 Å². The van der Waals surface area contributed by atoms with Gasteiger partial charge in [-0.3, -0.25) is 4.90 Å². The Morgan fingerprint density at radius 2 is 2.06 bits per heavy atom. The van der Waals surface area contributed by atoms with Crippen LogP contribution >= 0.6 is 0 Å². The summed E-state index contributed by atoms with van der Waals surface area (Å²) in [5.41, 5.74) is 0. The number of nitrogens with zero attached hydrogens (tertiary/aromatic N) is 1. The first-order valence-corrected chi connectivity index (χ1v) is 7.22. The van der Waals surface area contributed by atoms with Gasteiger partial charge in [-0.25, -0.2) is 0 Å². The Morgan fingerprint density at radius 1 is 1.29 bits per heavy atom. The summed E-state index contributed by atoms with van der Waals surface area (Å²) in [5.74, 6) is 0.642. The molecule has 1 rings (SSSR count). The minimum Gasteiger partial charge on any atom is -0.380 e. The second kappa shape index (κ2) is 8.06. The van der Waals surface area contributed by atoms with Crippen LogP contribution < -0.4 is 5.32 Å². The van der Waals surface area contributed by atoms with E-state index < -0.39 is 0 Å². The van der Waals surface area contributed by atoms with E-state index in [0.717, 1.165) is 26.3 Å². The van der Waals surface area contributed by atoms with Crippen LogP contribution in [0.2, 0.25) is 0 Å².